The van der Waals surface area contributed by atoms with E-state index in [0.717, 1.165) is 50.6 Å². The Morgan fingerprint density at radius 3 is 0.986 bits per heavy atom. The van der Waals surface area contributed by atoms with Crippen LogP contribution in [0.1, 0.15) is 33.4 Å². The summed E-state index contributed by atoms with van der Waals surface area (Å²) in [6, 6.07) is 80.7. The summed E-state index contributed by atoms with van der Waals surface area (Å²) in [5.41, 5.74) is 21.6. The minimum atomic E-state index is 0.598. The number of rotatable bonds is 12. The summed E-state index contributed by atoms with van der Waals surface area (Å²) in [4.78, 5) is 26.0. The normalized spacial score (nSPS) is 11.1. The van der Waals surface area contributed by atoms with Crippen molar-refractivity contribution < 1.29 is 0 Å². The van der Waals surface area contributed by atoms with E-state index in [1.54, 1.807) is 0 Å². The molecule has 0 aliphatic carbocycles. The van der Waals surface area contributed by atoms with Gasteiger partial charge < -0.3 is 4.90 Å². The van der Waals surface area contributed by atoms with Crippen molar-refractivity contribution in [2.45, 2.75) is 41.5 Å². The molecule has 358 valence electrons. The van der Waals surface area contributed by atoms with Gasteiger partial charge in [0, 0.05) is 45.8 Å². The standard InChI is InChI=1S/C68H56N6/c1-45-39-47(3)65(48(4)40-45)74(66-49(5)41-46(2)42-50(66)6)58-37-35-57(36-38-58)73(63-43-61(53-23-13-8-14-24-53)69-67(71-63)55-25-15-9-16-26-55)64-44-62(70-68(72-64)56-27-17-10-18-28-56)54-33-31-52(32-34-54)60-30-20-19-29-59(60)51-21-11-7-12-22-51/h7-44H,1-6H3. The summed E-state index contributed by atoms with van der Waals surface area (Å²) >= 11 is 0. The van der Waals surface area contributed by atoms with Crippen molar-refractivity contribution in [1.82, 2.24) is 19.9 Å². The number of hydrogen-bond acceptors (Lipinski definition) is 6. The van der Waals surface area contributed by atoms with E-state index in [0.29, 0.717) is 23.3 Å². The zero-order valence-corrected chi connectivity index (χ0v) is 42.6. The molecule has 0 N–H and O–H groups in total. The van der Waals surface area contributed by atoms with E-state index >= 15 is 0 Å². The molecule has 0 fully saturated rings. The van der Waals surface area contributed by atoms with Gasteiger partial charge in [-0.05, 0) is 110 Å². The molecule has 9 aromatic carbocycles. The van der Waals surface area contributed by atoms with Gasteiger partial charge >= 0.3 is 0 Å². The third-order valence-electron chi connectivity index (χ3n) is 13.6. The topological polar surface area (TPSA) is 58.0 Å². The maximum atomic E-state index is 5.46. The summed E-state index contributed by atoms with van der Waals surface area (Å²) in [7, 11) is 0. The molecule has 0 saturated heterocycles. The smallest absolute Gasteiger partial charge is 0.162 e. The molecular weight excluding hydrogens is 901 g/mol. The van der Waals surface area contributed by atoms with Crippen LogP contribution < -0.4 is 9.80 Å². The van der Waals surface area contributed by atoms with Gasteiger partial charge in [0.25, 0.3) is 0 Å². The van der Waals surface area contributed by atoms with Crippen LogP contribution in [0.25, 0.3) is 67.5 Å². The van der Waals surface area contributed by atoms with Gasteiger partial charge in [-0.2, -0.15) is 0 Å². The highest BCUT2D eigenvalue weighted by Crippen LogP contribution is 2.45. The van der Waals surface area contributed by atoms with Gasteiger partial charge in [0.15, 0.2) is 11.6 Å². The first kappa shape index (κ1) is 47.1. The largest absolute Gasteiger partial charge is 0.309 e. The Balaban J connectivity index is 1.12. The van der Waals surface area contributed by atoms with E-state index in [2.05, 4.69) is 227 Å². The van der Waals surface area contributed by atoms with E-state index < -0.39 is 0 Å². The lowest BCUT2D eigenvalue weighted by Gasteiger charge is -2.32. The number of aryl methyl sites for hydroxylation is 6. The van der Waals surface area contributed by atoms with Gasteiger partial charge in [0.1, 0.15) is 11.6 Å². The molecule has 0 unspecified atom stereocenters. The molecule has 0 aliphatic heterocycles. The zero-order chi connectivity index (χ0) is 50.7. The molecule has 11 rings (SSSR count). The van der Waals surface area contributed by atoms with E-state index in [1.807, 2.05) is 54.6 Å². The van der Waals surface area contributed by atoms with Gasteiger partial charge in [-0.1, -0.05) is 205 Å². The summed E-state index contributed by atoms with van der Waals surface area (Å²) in [5.74, 6) is 2.52. The molecule has 0 aliphatic rings. The van der Waals surface area contributed by atoms with Crippen LogP contribution >= 0.6 is 0 Å². The quantitative estimate of drug-likeness (QED) is 0.122. The van der Waals surface area contributed by atoms with Crippen LogP contribution in [0.4, 0.5) is 34.4 Å². The van der Waals surface area contributed by atoms with Crippen LogP contribution in [0.5, 0.6) is 0 Å². The number of hydrogen-bond donors (Lipinski definition) is 0. The molecule has 74 heavy (non-hydrogen) atoms. The van der Waals surface area contributed by atoms with Crippen molar-refractivity contribution in [3.63, 3.8) is 0 Å². The van der Waals surface area contributed by atoms with E-state index in [1.165, 1.54) is 61.4 Å². The Morgan fingerprint density at radius 2 is 0.581 bits per heavy atom. The molecule has 11 aromatic rings. The lowest BCUT2D eigenvalue weighted by Crippen LogP contribution is -2.17. The molecule has 0 amide bonds. The number of anilines is 6. The number of aromatic nitrogens is 4. The van der Waals surface area contributed by atoms with Crippen molar-refractivity contribution in [2.75, 3.05) is 9.80 Å². The molecule has 0 radical (unpaired) electrons. The Bertz CT molecular complexity index is 3600. The van der Waals surface area contributed by atoms with E-state index in [4.69, 9.17) is 19.9 Å². The van der Waals surface area contributed by atoms with Crippen molar-refractivity contribution in [2.24, 2.45) is 0 Å². The Kier molecular flexibility index (Phi) is 13.0. The zero-order valence-electron chi connectivity index (χ0n) is 42.6. The third-order valence-corrected chi connectivity index (χ3v) is 13.6. The highest BCUT2D eigenvalue weighted by atomic mass is 15.3. The summed E-state index contributed by atoms with van der Waals surface area (Å²) in [6.45, 7) is 13.2. The second kappa shape index (κ2) is 20.5. The maximum Gasteiger partial charge on any atom is 0.162 e. The monoisotopic (exact) mass is 956 g/mol. The molecule has 0 atom stereocenters. The average molecular weight is 957 g/mol. The predicted octanol–water partition coefficient (Wildman–Crippen LogP) is 18.1. The van der Waals surface area contributed by atoms with Gasteiger partial charge in [0.05, 0.1) is 22.8 Å². The van der Waals surface area contributed by atoms with Gasteiger partial charge in [-0.25, -0.2) is 19.9 Å². The molecule has 2 aromatic heterocycles. The predicted molar refractivity (Wildman–Crippen MR) is 308 cm³/mol. The Hall–Kier alpha value is -9.26. The average Bonchev–Trinajstić information content (AvgIpc) is 3.43. The molecule has 0 spiro atoms. The van der Waals surface area contributed by atoms with Crippen LogP contribution in [0.3, 0.4) is 0 Å². The summed E-state index contributed by atoms with van der Waals surface area (Å²) in [5, 5.41) is 0. The highest BCUT2D eigenvalue weighted by molar-refractivity contribution is 5.88. The molecule has 0 saturated carbocycles. The fraction of sp³-hybridized carbons (Fsp3) is 0.0882. The van der Waals surface area contributed by atoms with Gasteiger partial charge in [-0.15, -0.1) is 0 Å². The third kappa shape index (κ3) is 9.61. The second-order valence-corrected chi connectivity index (χ2v) is 19.1. The SMILES string of the molecule is Cc1cc(C)c(N(c2ccc(N(c3cc(-c4ccccc4)nc(-c4ccccc4)n3)c3cc(-c4ccc(-c5ccccc5-c5ccccc5)cc4)nc(-c4ccccc4)n3)cc2)c2c(C)cc(C)cc2C)c(C)c1. The highest BCUT2D eigenvalue weighted by Gasteiger charge is 2.25. The van der Waals surface area contributed by atoms with E-state index in [-0.39, 0.29) is 0 Å². The first-order valence-electron chi connectivity index (χ1n) is 25.2. The first-order valence-corrected chi connectivity index (χ1v) is 25.2. The van der Waals surface area contributed by atoms with Crippen molar-refractivity contribution in [3.05, 3.63) is 264 Å². The molecule has 6 heteroatoms. The minimum Gasteiger partial charge on any atom is -0.309 e. The lowest BCUT2D eigenvalue weighted by atomic mass is 9.94. The van der Waals surface area contributed by atoms with Gasteiger partial charge in [0.2, 0.25) is 0 Å². The van der Waals surface area contributed by atoms with Crippen LogP contribution in [0, 0.1) is 41.5 Å². The molecule has 2 heterocycles. The van der Waals surface area contributed by atoms with Crippen LogP contribution in [-0.4, -0.2) is 19.9 Å². The number of benzene rings is 9. The second-order valence-electron chi connectivity index (χ2n) is 19.1. The maximum absolute atomic E-state index is 5.46. The van der Waals surface area contributed by atoms with Crippen molar-refractivity contribution in [3.8, 4) is 67.5 Å². The van der Waals surface area contributed by atoms with E-state index in [9.17, 15) is 0 Å². The van der Waals surface area contributed by atoms with Crippen molar-refractivity contribution >= 4 is 34.4 Å². The van der Waals surface area contributed by atoms with Crippen molar-refractivity contribution in [1.29, 1.82) is 0 Å². The Labute approximate surface area is 435 Å². The summed E-state index contributed by atoms with van der Waals surface area (Å²) < 4.78 is 0. The lowest BCUT2D eigenvalue weighted by molar-refractivity contribution is 1.07. The fourth-order valence-electron chi connectivity index (χ4n) is 10.4. The molecular formula is C68H56N6. The minimum absolute atomic E-state index is 0.598. The van der Waals surface area contributed by atoms with Crippen LogP contribution in [0.15, 0.2) is 231 Å². The fourth-order valence-corrected chi connectivity index (χ4v) is 10.4. The van der Waals surface area contributed by atoms with Crippen LogP contribution in [-0.2, 0) is 0 Å². The van der Waals surface area contributed by atoms with Gasteiger partial charge in [-0.3, -0.25) is 4.90 Å². The number of nitrogens with zero attached hydrogens (tertiary/aromatic N) is 6. The first-order chi connectivity index (χ1) is 36.1. The summed E-state index contributed by atoms with van der Waals surface area (Å²) in [6.07, 6.45) is 0. The van der Waals surface area contributed by atoms with Crippen LogP contribution in [0.2, 0.25) is 0 Å². The molecule has 0 bridgehead atoms. The molecule has 6 nitrogen and oxygen atoms in total. The Morgan fingerprint density at radius 1 is 0.270 bits per heavy atom.